The number of amides is 2. The minimum absolute atomic E-state index is 0.0816. The van der Waals surface area contributed by atoms with Crippen LogP contribution in [0.2, 0.25) is 10.0 Å². The van der Waals surface area contributed by atoms with Crippen LogP contribution in [-0.2, 0) is 6.54 Å². The summed E-state index contributed by atoms with van der Waals surface area (Å²) in [5, 5.41) is 4.24. The van der Waals surface area contributed by atoms with Gasteiger partial charge in [-0.25, -0.2) is 9.78 Å². The van der Waals surface area contributed by atoms with Gasteiger partial charge in [0.2, 0.25) is 0 Å². The van der Waals surface area contributed by atoms with Gasteiger partial charge in [0, 0.05) is 18.8 Å². The fraction of sp³-hybridized carbons (Fsp3) is 0.348. The number of fused-ring (bicyclic) bond motifs is 1. The number of urea groups is 1. The Labute approximate surface area is 191 Å². The maximum Gasteiger partial charge on any atom is 0.322 e. The summed E-state index contributed by atoms with van der Waals surface area (Å²) in [6.45, 7) is 6.88. The highest BCUT2D eigenvalue weighted by Crippen LogP contribution is 2.27. The molecule has 3 rings (SSSR count). The molecule has 0 spiro atoms. The lowest BCUT2D eigenvalue weighted by Gasteiger charge is -2.31. The van der Waals surface area contributed by atoms with Crippen LogP contribution in [0, 0.1) is 0 Å². The molecule has 164 valence electrons. The molecule has 0 aliphatic heterocycles. The first-order chi connectivity index (χ1) is 14.9. The van der Waals surface area contributed by atoms with Crippen molar-refractivity contribution in [3.63, 3.8) is 0 Å². The molecule has 0 fully saturated rings. The molecule has 0 saturated heterocycles. The molecule has 1 unspecified atom stereocenters. The number of nitrogens with one attached hydrogen (secondary N) is 1. The van der Waals surface area contributed by atoms with E-state index in [1.54, 1.807) is 33.7 Å². The highest BCUT2D eigenvalue weighted by atomic mass is 35.5. The van der Waals surface area contributed by atoms with Crippen LogP contribution in [0.5, 0.6) is 0 Å². The van der Waals surface area contributed by atoms with Crippen LogP contribution in [0.4, 0.5) is 10.5 Å². The van der Waals surface area contributed by atoms with Crippen molar-refractivity contribution in [3.8, 4) is 0 Å². The number of para-hydroxylation sites is 1. The van der Waals surface area contributed by atoms with E-state index in [9.17, 15) is 9.59 Å². The lowest BCUT2D eigenvalue weighted by Crippen LogP contribution is -2.41. The average molecular weight is 461 g/mol. The molecule has 0 saturated carbocycles. The lowest BCUT2D eigenvalue weighted by molar-refractivity contribution is 0.184. The van der Waals surface area contributed by atoms with Crippen molar-refractivity contribution >= 4 is 45.8 Å². The minimum atomic E-state index is -0.364. The first kappa shape index (κ1) is 23.1. The Hall–Kier alpha value is -2.57. The maximum atomic E-state index is 13.2. The van der Waals surface area contributed by atoms with Crippen molar-refractivity contribution in [1.29, 1.82) is 0 Å². The summed E-state index contributed by atoms with van der Waals surface area (Å²) in [4.78, 5) is 32.8. The van der Waals surface area contributed by atoms with E-state index in [1.165, 1.54) is 0 Å². The Morgan fingerprint density at radius 1 is 1.13 bits per heavy atom. The quantitative estimate of drug-likeness (QED) is 0.461. The van der Waals surface area contributed by atoms with Crippen LogP contribution in [0.3, 0.4) is 0 Å². The first-order valence-electron chi connectivity index (χ1n) is 10.4. The van der Waals surface area contributed by atoms with Crippen molar-refractivity contribution in [2.24, 2.45) is 0 Å². The van der Waals surface area contributed by atoms with Gasteiger partial charge in [-0.2, -0.15) is 0 Å². The summed E-state index contributed by atoms with van der Waals surface area (Å²) in [6, 6.07) is 11.6. The highest BCUT2D eigenvalue weighted by molar-refractivity contribution is 6.42. The Morgan fingerprint density at radius 3 is 2.52 bits per heavy atom. The maximum absolute atomic E-state index is 13.2. The van der Waals surface area contributed by atoms with Crippen LogP contribution < -0.4 is 10.9 Å². The molecule has 1 heterocycles. The summed E-state index contributed by atoms with van der Waals surface area (Å²) in [7, 11) is 0. The predicted molar refractivity (Wildman–Crippen MR) is 127 cm³/mol. The summed E-state index contributed by atoms with van der Waals surface area (Å²) < 4.78 is 1.70. The molecule has 31 heavy (non-hydrogen) atoms. The zero-order chi connectivity index (χ0) is 22.5. The number of anilines is 1. The van der Waals surface area contributed by atoms with Crippen molar-refractivity contribution in [2.45, 2.75) is 46.2 Å². The summed E-state index contributed by atoms with van der Waals surface area (Å²) >= 11 is 12.1. The number of aromatic nitrogens is 2. The molecule has 0 radical (unpaired) electrons. The molecule has 6 nitrogen and oxygen atoms in total. The Balaban J connectivity index is 2.03. The van der Waals surface area contributed by atoms with Gasteiger partial charge < -0.3 is 10.2 Å². The van der Waals surface area contributed by atoms with Crippen LogP contribution >= 0.6 is 23.2 Å². The van der Waals surface area contributed by atoms with Crippen LogP contribution in [0.25, 0.3) is 10.9 Å². The van der Waals surface area contributed by atoms with Crippen molar-refractivity contribution in [1.82, 2.24) is 14.5 Å². The largest absolute Gasteiger partial charge is 0.322 e. The first-order valence-corrected chi connectivity index (χ1v) is 11.2. The topological polar surface area (TPSA) is 67.2 Å². The second kappa shape index (κ2) is 10.2. The number of carbonyl (C=O) groups is 1. The molecular formula is C23H26Cl2N4O2. The number of carbonyl (C=O) groups excluding carboxylic acids is 1. The van der Waals surface area contributed by atoms with E-state index in [-0.39, 0.29) is 17.6 Å². The fourth-order valence-corrected chi connectivity index (χ4v) is 3.99. The van der Waals surface area contributed by atoms with Gasteiger partial charge in [0.25, 0.3) is 5.56 Å². The smallest absolute Gasteiger partial charge is 0.315 e. The normalized spacial score (nSPS) is 12.0. The molecule has 2 aromatic carbocycles. The number of halogens is 2. The monoisotopic (exact) mass is 460 g/mol. The van der Waals surface area contributed by atoms with Gasteiger partial charge >= 0.3 is 6.03 Å². The van der Waals surface area contributed by atoms with Crippen LogP contribution in [0.1, 0.15) is 45.5 Å². The molecule has 8 heteroatoms. The number of benzene rings is 2. The second-order valence-electron chi connectivity index (χ2n) is 7.21. The lowest BCUT2D eigenvalue weighted by atomic mass is 10.1. The number of rotatable bonds is 7. The molecular weight excluding hydrogens is 435 g/mol. The van der Waals surface area contributed by atoms with Gasteiger partial charge in [-0.1, -0.05) is 49.2 Å². The number of nitrogens with zero attached hydrogens (tertiary/aromatic N) is 3. The van der Waals surface area contributed by atoms with E-state index in [0.29, 0.717) is 52.0 Å². The van der Waals surface area contributed by atoms with Gasteiger partial charge in [-0.3, -0.25) is 9.36 Å². The van der Waals surface area contributed by atoms with E-state index in [2.05, 4.69) is 5.32 Å². The van der Waals surface area contributed by atoms with Crippen LogP contribution in [0.15, 0.2) is 47.3 Å². The van der Waals surface area contributed by atoms with E-state index in [4.69, 9.17) is 28.2 Å². The van der Waals surface area contributed by atoms with Gasteiger partial charge in [-0.05, 0) is 50.1 Å². The predicted octanol–water partition coefficient (Wildman–Crippen LogP) is 6.12. The molecule has 0 bridgehead atoms. The fourth-order valence-electron chi connectivity index (χ4n) is 3.70. The summed E-state index contributed by atoms with van der Waals surface area (Å²) in [5.74, 6) is 0.596. The van der Waals surface area contributed by atoms with Gasteiger partial charge in [-0.15, -0.1) is 0 Å². The standard InChI is InChI=1S/C23H26Cl2N4O2/c1-4-13-29-21(27-19-10-8-7-9-16(19)22(29)30)20(5-2)28(6-3)23(31)26-15-11-12-17(24)18(25)14-15/h7-12,14,20H,4-6,13H2,1-3H3,(H,26,31). The average Bonchev–Trinajstić information content (AvgIpc) is 2.76. The van der Waals surface area contributed by atoms with Gasteiger partial charge in [0.1, 0.15) is 5.82 Å². The zero-order valence-corrected chi connectivity index (χ0v) is 19.4. The molecule has 0 aliphatic rings. The second-order valence-corrected chi connectivity index (χ2v) is 8.03. The van der Waals surface area contributed by atoms with Crippen molar-refractivity contribution in [2.75, 3.05) is 11.9 Å². The van der Waals surface area contributed by atoms with Gasteiger partial charge in [0.15, 0.2) is 0 Å². The summed E-state index contributed by atoms with van der Waals surface area (Å²) in [5.41, 5.74) is 1.10. The minimum Gasteiger partial charge on any atom is -0.315 e. The van der Waals surface area contributed by atoms with E-state index < -0.39 is 0 Å². The van der Waals surface area contributed by atoms with E-state index in [1.807, 2.05) is 39.0 Å². The van der Waals surface area contributed by atoms with Crippen molar-refractivity contribution < 1.29 is 4.79 Å². The molecule has 1 aromatic heterocycles. The molecule has 3 aromatic rings. The van der Waals surface area contributed by atoms with Gasteiger partial charge in [0.05, 0.1) is 27.0 Å². The third kappa shape index (κ3) is 4.86. The number of hydrogen-bond acceptors (Lipinski definition) is 3. The number of hydrogen-bond donors (Lipinski definition) is 1. The Kier molecular flexibility index (Phi) is 7.57. The zero-order valence-electron chi connectivity index (χ0n) is 17.9. The molecule has 2 amide bonds. The molecule has 1 N–H and O–H groups in total. The Morgan fingerprint density at radius 2 is 1.87 bits per heavy atom. The Bertz CT molecular complexity index is 1150. The van der Waals surface area contributed by atoms with Crippen LogP contribution in [-0.4, -0.2) is 27.0 Å². The van der Waals surface area contributed by atoms with E-state index in [0.717, 1.165) is 6.42 Å². The molecule has 1 atom stereocenters. The third-order valence-corrected chi connectivity index (χ3v) is 5.91. The van der Waals surface area contributed by atoms with E-state index >= 15 is 0 Å². The third-order valence-electron chi connectivity index (χ3n) is 5.17. The SMILES string of the molecule is CCCn1c(C(CC)N(CC)C(=O)Nc2ccc(Cl)c(Cl)c2)nc2ccccc2c1=O. The summed E-state index contributed by atoms with van der Waals surface area (Å²) in [6.07, 6.45) is 1.39. The highest BCUT2D eigenvalue weighted by Gasteiger charge is 2.27. The van der Waals surface area contributed by atoms with Crippen molar-refractivity contribution in [3.05, 3.63) is 68.7 Å². The molecule has 0 aliphatic carbocycles.